The van der Waals surface area contributed by atoms with Crippen molar-refractivity contribution in [3.8, 4) is 0 Å². The number of hydrogen-bond donors (Lipinski definition) is 7. The molecule has 0 radical (unpaired) electrons. The van der Waals surface area contributed by atoms with Gasteiger partial charge in [-0.25, -0.2) is 33.1 Å². The Labute approximate surface area is 702 Å². The van der Waals surface area contributed by atoms with Crippen molar-refractivity contribution in [3.63, 3.8) is 0 Å². The Morgan fingerprint density at radius 3 is 1.12 bits per heavy atom. The number of fused-ring (bicyclic) bond motifs is 20. The first-order valence-electron chi connectivity index (χ1n) is 48.0. The van der Waals surface area contributed by atoms with Crippen LogP contribution in [0.3, 0.4) is 0 Å². The average Bonchev–Trinajstić information content (AvgIpc) is 1.49. The summed E-state index contributed by atoms with van der Waals surface area (Å²) < 4.78 is 42.1. The molecular weight excluding hydrogens is 1490 g/mol. The predicted octanol–water partition coefficient (Wildman–Crippen LogP) is 19.0. The lowest BCUT2D eigenvalue weighted by Gasteiger charge is -2.57. The number of carbonyl (C=O) groups is 4. The molecule has 0 aromatic carbocycles. The highest BCUT2D eigenvalue weighted by molar-refractivity contribution is 5.85. The van der Waals surface area contributed by atoms with E-state index in [1.807, 2.05) is 45.5 Å². The summed E-state index contributed by atoms with van der Waals surface area (Å²) >= 11 is 0. The van der Waals surface area contributed by atoms with E-state index in [1.165, 1.54) is 96.3 Å². The highest BCUT2D eigenvalue weighted by Gasteiger charge is 2.65. The maximum Gasteiger partial charge on any atom is 0.266 e. The largest absolute Gasteiger partial charge is 0.390 e. The number of aliphatic hydroxyl groups is 4. The first-order chi connectivity index (χ1) is 56.2. The Hall–Kier alpha value is -4.85. The number of hydrogen-bond acceptors (Lipinski definition) is 12. The van der Waals surface area contributed by atoms with E-state index >= 15 is 0 Å². The third kappa shape index (κ3) is 15.8. The van der Waals surface area contributed by atoms with E-state index in [0.29, 0.717) is 115 Å². The van der Waals surface area contributed by atoms with E-state index in [4.69, 9.17) is 0 Å². The summed E-state index contributed by atoms with van der Waals surface area (Å²) in [5, 5.41) is 42.0. The molecule has 0 bridgehead atoms. The van der Waals surface area contributed by atoms with Crippen molar-refractivity contribution in [2.75, 3.05) is 6.67 Å². The average molecular weight is 1630 g/mol. The Morgan fingerprint density at radius 1 is 0.415 bits per heavy atom. The minimum absolute atomic E-state index is 0.0655. The number of aromatic nitrogens is 8. The summed E-state index contributed by atoms with van der Waals surface area (Å²) in [5.41, 5.74) is -1.05. The molecule has 118 heavy (non-hydrogen) atoms. The van der Waals surface area contributed by atoms with Gasteiger partial charge >= 0.3 is 0 Å². The van der Waals surface area contributed by atoms with Crippen molar-refractivity contribution in [1.29, 1.82) is 0 Å². The number of nitrogens with one attached hydrogen (secondary N) is 3. The Kier molecular flexibility index (Phi) is 23.8. The fourth-order valence-corrected chi connectivity index (χ4v) is 33.7. The lowest BCUT2D eigenvalue weighted by atomic mass is 9.49. The molecule has 0 amide bonds. The molecule has 0 aliphatic heterocycles. The number of imidazole rings is 4. The van der Waals surface area contributed by atoms with Crippen LogP contribution in [0.2, 0.25) is 0 Å². The molecule has 16 nitrogen and oxygen atoms in total. The van der Waals surface area contributed by atoms with Crippen LogP contribution in [0.1, 0.15) is 307 Å². The van der Waals surface area contributed by atoms with Crippen LogP contribution in [-0.4, -0.2) is 119 Å². The van der Waals surface area contributed by atoms with Crippen molar-refractivity contribution >= 4 is 23.1 Å². The lowest BCUT2D eigenvalue weighted by molar-refractivity contribution is -0.160. The molecule has 7 N–H and O–H groups in total. The topological polar surface area (TPSA) is 253 Å². The Bertz CT molecular complexity index is 4180. The van der Waals surface area contributed by atoms with Gasteiger partial charge in [-0.15, -0.1) is 0 Å². The van der Waals surface area contributed by atoms with Crippen LogP contribution in [0.25, 0.3) is 0 Å². The quantitative estimate of drug-likeness (QED) is 0.0622. The maximum atomic E-state index is 13.4. The van der Waals surface area contributed by atoms with Gasteiger partial charge in [0.25, 0.3) is 6.43 Å². The van der Waals surface area contributed by atoms with Crippen LogP contribution < -0.4 is 0 Å². The molecule has 32 atom stereocenters. The van der Waals surface area contributed by atoms with Gasteiger partial charge in [-0.3, -0.25) is 19.2 Å². The fourth-order valence-electron chi connectivity index (χ4n) is 33.7. The molecule has 4 aromatic heterocycles. The van der Waals surface area contributed by atoms with Crippen molar-refractivity contribution in [3.05, 3.63) is 71.9 Å². The monoisotopic (exact) mass is 1630 g/mol. The number of nitrogens with zero attached hydrogens (tertiary/aromatic N) is 5. The third-order valence-electron chi connectivity index (χ3n) is 39.4. The zero-order valence-corrected chi connectivity index (χ0v) is 73.2. The molecule has 652 valence electrons. The minimum Gasteiger partial charge on any atom is -0.390 e. The number of aromatic amines is 3. The second-order valence-corrected chi connectivity index (χ2v) is 45.2. The summed E-state index contributed by atoms with van der Waals surface area (Å²) in [6, 6.07) is 0. The van der Waals surface area contributed by atoms with Gasteiger partial charge in [0, 0.05) is 73.6 Å². The number of alkyl halides is 3. The van der Waals surface area contributed by atoms with Crippen LogP contribution in [-0.2, 0) is 51.9 Å². The normalized spacial score (nSPS) is 46.1. The van der Waals surface area contributed by atoms with Gasteiger partial charge in [-0.05, 0) is 399 Å². The van der Waals surface area contributed by atoms with Crippen molar-refractivity contribution in [1.82, 2.24) is 39.5 Å². The fraction of sp³-hybridized carbons (Fsp3) is 0.838. The lowest BCUT2D eigenvalue weighted by Crippen LogP contribution is -2.53. The van der Waals surface area contributed by atoms with Crippen LogP contribution in [0.4, 0.5) is 13.2 Å². The van der Waals surface area contributed by atoms with E-state index in [0.717, 1.165) is 203 Å². The van der Waals surface area contributed by atoms with Crippen LogP contribution in [0.15, 0.2) is 37.2 Å². The van der Waals surface area contributed by atoms with Gasteiger partial charge in [0.05, 0.1) is 48.2 Å². The molecule has 0 unspecified atom stereocenters. The second kappa shape index (κ2) is 32.9. The van der Waals surface area contributed by atoms with E-state index in [2.05, 4.69) is 62.6 Å². The highest BCUT2D eigenvalue weighted by atomic mass is 19.3. The molecule has 19 heteroatoms. The van der Waals surface area contributed by atoms with E-state index < -0.39 is 35.5 Å². The van der Waals surface area contributed by atoms with Gasteiger partial charge in [0.15, 0.2) is 0 Å². The molecule has 0 spiro atoms. The molecular formula is C99H147F3N8O8. The maximum absolute atomic E-state index is 13.4. The molecule has 20 rings (SSSR count). The van der Waals surface area contributed by atoms with E-state index in [1.54, 1.807) is 31.0 Å². The standard InChI is InChI=1S/C26H40N2O2.C25H38N2O2.C24H34F2N2O2.C24H35FN2O2/c1-15-16(2)28-24(27-15)13-23(29)22-8-7-21-20-6-5-17-14-25(3,30)11-9-18(17)19(20)10-12-26(21,22)4;1-24(29)10-8-17-16(15-24)4-5-19-18(17)9-11-25(2)20(19)6-7-21(25)22(28)14-23-26-12-13-27(23)3;1-23-8-6-16-15-7-9-24(30,22(25)26)13-14(15)2-3-17(16)18(23)4-5-19(23)20(29)12-21-27-10-11-28-21;1-23-8-6-17-16-7-9-24(29,14-25)13-15(16)2-3-18(17)19(23)4-5-20(23)21(28)12-22-26-10-11-27-22/h17-22,30H,5-14H2,1-4H3,(H,27,28);12-13,16-21,29H,4-11,14-15H2,1-3H3;10-11,14-19,22,30H,2-9,12-13H2,1H3,(H,27,28);10-11,15-20,29H,2-9,12-14H2,1H3,(H,26,27)/t17-,18+,19-,20-,21+,22-,25-,26+;16-,17+,18-,19-,20+,21-,24-,25+;14-,15-,16+,17+,18-,19+,23-,24+;15-,16-,17+,18+,19-,20+,23-,24+/m1100/s1. The molecule has 0 saturated heterocycles. The number of aryl methyl sites for hydroxylation is 3. The summed E-state index contributed by atoms with van der Waals surface area (Å²) in [6.45, 7) is 17.2. The number of rotatable bonds is 14. The Balaban J connectivity index is 0.000000113. The number of H-pyrrole nitrogens is 3. The van der Waals surface area contributed by atoms with E-state index in [-0.39, 0.29) is 64.1 Å². The molecule has 16 aliphatic rings. The summed E-state index contributed by atoms with van der Waals surface area (Å²) in [4.78, 5) is 79.9. The molecule has 16 saturated carbocycles. The van der Waals surface area contributed by atoms with Crippen LogP contribution in [0.5, 0.6) is 0 Å². The zero-order chi connectivity index (χ0) is 83.0. The zero-order valence-electron chi connectivity index (χ0n) is 73.2. The molecule has 4 heterocycles. The van der Waals surface area contributed by atoms with Gasteiger partial charge in [0.1, 0.15) is 58.7 Å². The first-order valence-corrected chi connectivity index (χ1v) is 48.0. The molecule has 16 aliphatic carbocycles. The van der Waals surface area contributed by atoms with Gasteiger partial charge in [0.2, 0.25) is 0 Å². The smallest absolute Gasteiger partial charge is 0.266 e. The van der Waals surface area contributed by atoms with Crippen molar-refractivity contribution in [2.45, 2.75) is 341 Å². The van der Waals surface area contributed by atoms with Crippen LogP contribution in [0, 0.1) is 178 Å². The third-order valence-corrected chi connectivity index (χ3v) is 39.4. The SMILES string of the molecule is C[C@]12CC[C@H]3[C@@H](CC[C@H]4C[C@@](O)(C(F)F)CC[C@@H]43)[C@@H]1CC[C@@H]2C(=O)Cc1ncc[nH]1.C[C@]12CC[C@H]3[C@@H](CC[C@H]4C[C@@](O)(CF)CC[C@@H]43)[C@@H]1CC[C@@H]2C(=O)Cc1ncc[nH]1.Cc1nc(CC(=O)[C@H]2CC[C@H]3[C@@H]4CC[C@@H]5C[C@](C)(O)CC[C@@H]5[C@H]4CC[C@]23C)[nH]c1C.Cn1ccnc1CC(=O)[C@H]1CC[C@H]2[C@@H]3CC[C@@H]4C[C@](C)(O)CC[C@@H]4[C@H]3CC[C@]12C. The second-order valence-electron chi connectivity index (χ2n) is 45.2. The predicted molar refractivity (Wildman–Crippen MR) is 449 cm³/mol. The Morgan fingerprint density at radius 2 is 0.771 bits per heavy atom. The molecule has 16 fully saturated rings. The minimum atomic E-state index is -2.64. The number of halogens is 3. The van der Waals surface area contributed by atoms with Crippen LogP contribution >= 0.6 is 0 Å². The molecule has 4 aromatic rings. The summed E-state index contributed by atoms with van der Waals surface area (Å²) in [7, 11) is 1.99. The van der Waals surface area contributed by atoms with Crippen molar-refractivity contribution in [2.24, 2.45) is 171 Å². The number of carbonyl (C=O) groups excluding carboxylic acids is 4. The van der Waals surface area contributed by atoms with Gasteiger partial charge in [-0.1, -0.05) is 27.7 Å². The van der Waals surface area contributed by atoms with Gasteiger partial charge < -0.3 is 39.9 Å². The van der Waals surface area contributed by atoms with E-state index in [9.17, 15) is 52.8 Å². The number of ketones is 4. The highest BCUT2D eigenvalue weighted by Crippen LogP contribution is 2.70. The number of Topliss-reactive ketones (excluding diaryl/α,β-unsaturated/α-hetero) is 4. The summed E-state index contributed by atoms with van der Waals surface area (Å²) in [6.07, 6.45) is 47.8. The summed E-state index contributed by atoms with van der Waals surface area (Å²) in [5.74, 6) is 19.1. The van der Waals surface area contributed by atoms with Gasteiger partial charge in [-0.2, -0.15) is 0 Å². The van der Waals surface area contributed by atoms with Crippen molar-refractivity contribution < 1.29 is 52.8 Å². The first kappa shape index (κ1) is 85.3.